The first-order valence-corrected chi connectivity index (χ1v) is 10.2. The summed E-state index contributed by atoms with van der Waals surface area (Å²) < 4.78 is 0. The van der Waals surface area contributed by atoms with E-state index in [1.165, 1.54) is 11.1 Å². The fraction of sp³-hybridized carbons (Fsp3) is 0.0345. The second kappa shape index (κ2) is 12.6. The zero-order chi connectivity index (χ0) is 20.7. The number of hydrogen-bond donors (Lipinski definition) is 1. The van der Waals surface area contributed by atoms with Crippen LogP contribution < -0.4 is 5.32 Å². The molecule has 0 radical (unpaired) electrons. The summed E-state index contributed by atoms with van der Waals surface area (Å²) in [7, 11) is 0. The van der Waals surface area contributed by atoms with Crippen molar-refractivity contribution in [3.05, 3.63) is 151 Å². The van der Waals surface area contributed by atoms with Crippen molar-refractivity contribution in [3.8, 4) is 0 Å². The van der Waals surface area contributed by atoms with Crippen molar-refractivity contribution in [2.75, 3.05) is 5.32 Å². The smallest absolute Gasteiger partial charge is 0.0384 e. The number of benzene rings is 4. The first-order valence-electron chi connectivity index (χ1n) is 10.2. The number of rotatable bonds is 6. The Balaban J connectivity index is 0.000000177. The van der Waals surface area contributed by atoms with Gasteiger partial charge in [-0.25, -0.2) is 0 Å². The number of hydrogen-bond acceptors (Lipinski definition) is 1. The molecule has 0 fully saturated rings. The number of anilines is 2. The summed E-state index contributed by atoms with van der Waals surface area (Å²) in [5.74, 6) is 0. The lowest BCUT2D eigenvalue weighted by atomic mass is 10.1. The van der Waals surface area contributed by atoms with Gasteiger partial charge in [-0.3, -0.25) is 0 Å². The van der Waals surface area contributed by atoms with E-state index in [-0.39, 0.29) is 0 Å². The van der Waals surface area contributed by atoms with E-state index < -0.39 is 0 Å². The quantitative estimate of drug-likeness (QED) is 0.330. The van der Waals surface area contributed by atoms with Gasteiger partial charge in [-0.2, -0.15) is 0 Å². The Hall–Kier alpha value is -3.84. The maximum Gasteiger partial charge on any atom is 0.0384 e. The monoisotopic (exact) mass is 389 g/mol. The summed E-state index contributed by atoms with van der Waals surface area (Å²) in [6.07, 6.45) is 9.45. The molecular weight excluding hydrogens is 362 g/mol. The Kier molecular flexibility index (Phi) is 8.76. The first-order chi connectivity index (χ1) is 14.9. The summed E-state index contributed by atoms with van der Waals surface area (Å²) in [5.41, 5.74) is 4.82. The van der Waals surface area contributed by atoms with Crippen molar-refractivity contribution in [1.29, 1.82) is 0 Å². The van der Waals surface area contributed by atoms with Crippen LogP contribution in [0.3, 0.4) is 0 Å². The number of para-hydroxylation sites is 2. The van der Waals surface area contributed by atoms with Gasteiger partial charge in [0.1, 0.15) is 0 Å². The Morgan fingerprint density at radius 1 is 0.500 bits per heavy atom. The van der Waals surface area contributed by atoms with Crippen molar-refractivity contribution in [2.45, 2.75) is 6.42 Å². The average molecular weight is 390 g/mol. The molecule has 0 unspecified atom stereocenters. The van der Waals surface area contributed by atoms with Crippen LogP contribution in [0.5, 0.6) is 0 Å². The van der Waals surface area contributed by atoms with E-state index in [1.807, 2.05) is 84.9 Å². The van der Waals surface area contributed by atoms with Gasteiger partial charge in [-0.15, -0.1) is 0 Å². The summed E-state index contributed by atoms with van der Waals surface area (Å²) in [6, 6.07) is 41.1. The van der Waals surface area contributed by atoms with E-state index >= 15 is 0 Å². The lowest BCUT2D eigenvalue weighted by molar-refractivity contribution is 1.27. The molecule has 0 heterocycles. The summed E-state index contributed by atoms with van der Waals surface area (Å²) in [6.45, 7) is 0. The minimum atomic E-state index is 0.986. The minimum absolute atomic E-state index is 0.986. The first kappa shape index (κ1) is 20.9. The molecule has 0 bridgehead atoms. The molecule has 4 aromatic carbocycles. The standard InChI is InChI=1S/C17H16.C12H11N/c1-4-10-16(11-5-1)14-8-3-9-15-17-12-6-2-7-13-17;1-3-7-11(8-4-1)13-12-9-5-2-6-10-12/h1-14H,15H2;1-10,13H. The molecule has 4 rings (SSSR count). The Morgan fingerprint density at radius 2 is 0.967 bits per heavy atom. The van der Waals surface area contributed by atoms with Gasteiger partial charge in [-0.05, 0) is 41.8 Å². The maximum absolute atomic E-state index is 3.30. The Morgan fingerprint density at radius 3 is 1.50 bits per heavy atom. The molecule has 0 aliphatic heterocycles. The van der Waals surface area contributed by atoms with E-state index in [4.69, 9.17) is 0 Å². The molecule has 1 nitrogen and oxygen atoms in total. The fourth-order valence-corrected chi connectivity index (χ4v) is 2.84. The van der Waals surface area contributed by atoms with Crippen LogP contribution in [0.25, 0.3) is 6.08 Å². The molecule has 4 aromatic rings. The average Bonchev–Trinajstić information content (AvgIpc) is 2.82. The molecule has 0 saturated heterocycles. The van der Waals surface area contributed by atoms with E-state index in [9.17, 15) is 0 Å². The summed E-state index contributed by atoms with van der Waals surface area (Å²) in [4.78, 5) is 0. The van der Waals surface area contributed by atoms with Gasteiger partial charge in [-0.1, -0.05) is 121 Å². The number of allylic oxidation sites excluding steroid dienone is 3. The number of nitrogens with one attached hydrogen (secondary N) is 1. The van der Waals surface area contributed by atoms with Crippen LogP contribution in [0.2, 0.25) is 0 Å². The lowest BCUT2D eigenvalue weighted by Crippen LogP contribution is -1.87. The highest BCUT2D eigenvalue weighted by Crippen LogP contribution is 2.14. The molecule has 0 spiro atoms. The SMILES string of the molecule is C(C=Cc1ccccc1)=CCc1ccccc1.c1ccc(Nc2ccccc2)cc1. The molecule has 0 atom stereocenters. The molecule has 0 saturated carbocycles. The molecule has 0 amide bonds. The van der Waals surface area contributed by atoms with Crippen molar-refractivity contribution >= 4 is 17.5 Å². The normalized spacial score (nSPS) is 10.5. The van der Waals surface area contributed by atoms with Crippen LogP contribution in [0.1, 0.15) is 11.1 Å². The molecule has 0 aromatic heterocycles. The molecule has 0 aliphatic carbocycles. The summed E-state index contributed by atoms with van der Waals surface area (Å²) in [5, 5.41) is 3.30. The van der Waals surface area contributed by atoms with E-state index in [0.717, 1.165) is 17.8 Å². The Labute approximate surface area is 180 Å². The molecule has 0 aliphatic rings. The van der Waals surface area contributed by atoms with E-state index in [2.05, 4.69) is 66.0 Å². The van der Waals surface area contributed by atoms with Crippen LogP contribution in [0.15, 0.2) is 140 Å². The predicted molar refractivity (Wildman–Crippen MR) is 131 cm³/mol. The van der Waals surface area contributed by atoms with Gasteiger partial charge in [0.25, 0.3) is 0 Å². The third kappa shape index (κ3) is 8.04. The van der Waals surface area contributed by atoms with Crippen LogP contribution in [-0.4, -0.2) is 0 Å². The van der Waals surface area contributed by atoms with Crippen LogP contribution in [-0.2, 0) is 6.42 Å². The molecular formula is C29H27N. The van der Waals surface area contributed by atoms with Gasteiger partial charge in [0.2, 0.25) is 0 Å². The topological polar surface area (TPSA) is 12.0 Å². The van der Waals surface area contributed by atoms with Gasteiger partial charge in [0.15, 0.2) is 0 Å². The third-order valence-corrected chi connectivity index (χ3v) is 4.37. The molecule has 1 N–H and O–H groups in total. The van der Waals surface area contributed by atoms with E-state index in [1.54, 1.807) is 0 Å². The zero-order valence-corrected chi connectivity index (χ0v) is 17.1. The fourth-order valence-electron chi connectivity index (χ4n) is 2.84. The van der Waals surface area contributed by atoms with Crippen molar-refractivity contribution < 1.29 is 0 Å². The predicted octanol–water partition coefficient (Wildman–Crippen LogP) is 7.93. The maximum atomic E-state index is 3.30. The largest absolute Gasteiger partial charge is 0.356 e. The highest BCUT2D eigenvalue weighted by Gasteiger charge is 1.90. The lowest BCUT2D eigenvalue weighted by Gasteiger charge is -2.04. The third-order valence-electron chi connectivity index (χ3n) is 4.37. The van der Waals surface area contributed by atoms with Crippen LogP contribution >= 0.6 is 0 Å². The summed E-state index contributed by atoms with van der Waals surface area (Å²) >= 11 is 0. The van der Waals surface area contributed by atoms with Gasteiger partial charge in [0.05, 0.1) is 0 Å². The second-order valence-electron chi connectivity index (χ2n) is 6.74. The highest BCUT2D eigenvalue weighted by molar-refractivity contribution is 5.58. The van der Waals surface area contributed by atoms with Crippen molar-refractivity contribution in [3.63, 3.8) is 0 Å². The second-order valence-corrected chi connectivity index (χ2v) is 6.74. The van der Waals surface area contributed by atoms with Crippen LogP contribution in [0.4, 0.5) is 11.4 Å². The van der Waals surface area contributed by atoms with Crippen molar-refractivity contribution in [1.82, 2.24) is 0 Å². The van der Waals surface area contributed by atoms with Gasteiger partial charge in [0, 0.05) is 11.4 Å². The minimum Gasteiger partial charge on any atom is -0.356 e. The van der Waals surface area contributed by atoms with Crippen LogP contribution in [0, 0.1) is 0 Å². The Bertz CT molecular complexity index is 967. The molecule has 148 valence electrons. The zero-order valence-electron chi connectivity index (χ0n) is 17.1. The van der Waals surface area contributed by atoms with E-state index in [0.29, 0.717) is 0 Å². The van der Waals surface area contributed by atoms with Gasteiger partial charge < -0.3 is 5.32 Å². The van der Waals surface area contributed by atoms with Gasteiger partial charge >= 0.3 is 0 Å². The molecule has 30 heavy (non-hydrogen) atoms. The molecule has 1 heteroatoms. The van der Waals surface area contributed by atoms with Crippen molar-refractivity contribution in [2.24, 2.45) is 0 Å². The highest BCUT2D eigenvalue weighted by atomic mass is 14.9.